The van der Waals surface area contributed by atoms with E-state index in [0.29, 0.717) is 39.2 Å². The molecule has 0 atom stereocenters. The molecule has 0 aliphatic rings. The smallest absolute Gasteiger partial charge is 0.209 e. The lowest BCUT2D eigenvalue weighted by molar-refractivity contribution is 0.477. The van der Waals surface area contributed by atoms with Gasteiger partial charge in [0.1, 0.15) is 17.1 Å². The summed E-state index contributed by atoms with van der Waals surface area (Å²) in [6.07, 6.45) is 0. The lowest BCUT2D eigenvalue weighted by Gasteiger charge is -1.98. The number of nitrogens with zero attached hydrogens (tertiary/aromatic N) is 3. The Morgan fingerprint density at radius 2 is 1.96 bits per heavy atom. The van der Waals surface area contributed by atoms with Gasteiger partial charge in [0, 0.05) is 0 Å². The van der Waals surface area contributed by atoms with Crippen LogP contribution in [-0.2, 0) is 5.75 Å². The molecule has 2 aromatic carbocycles. The summed E-state index contributed by atoms with van der Waals surface area (Å²) in [4.78, 5) is 11.7. The van der Waals surface area contributed by atoms with Crippen molar-refractivity contribution in [1.82, 2.24) is 25.1 Å². The number of phenolic OH excluding ortho intramolecular Hbond substituents is 1. The van der Waals surface area contributed by atoms with Crippen LogP contribution < -0.4 is 0 Å². The van der Waals surface area contributed by atoms with Gasteiger partial charge in [0.2, 0.25) is 5.16 Å². The van der Waals surface area contributed by atoms with Crippen LogP contribution in [0.4, 0.5) is 4.39 Å². The topological polar surface area (TPSA) is 90.5 Å². The molecule has 3 N–H and O–H groups in total. The molecule has 120 valence electrons. The van der Waals surface area contributed by atoms with Crippen LogP contribution in [0.15, 0.2) is 47.6 Å². The number of imidazole rings is 1. The summed E-state index contributed by atoms with van der Waals surface area (Å²) in [5, 5.41) is 17.3. The SMILES string of the molecule is Oc1ccccc1-c1nc(SCc2nc3c(F)cccc3[nH]2)n[nH]1. The second-order valence-electron chi connectivity index (χ2n) is 5.09. The number of rotatable bonds is 4. The van der Waals surface area contributed by atoms with Crippen LogP contribution in [0.5, 0.6) is 5.75 Å². The highest BCUT2D eigenvalue weighted by Gasteiger charge is 2.11. The summed E-state index contributed by atoms with van der Waals surface area (Å²) >= 11 is 1.36. The third-order valence-electron chi connectivity index (χ3n) is 3.47. The van der Waals surface area contributed by atoms with Crippen molar-refractivity contribution in [3.05, 3.63) is 54.1 Å². The van der Waals surface area contributed by atoms with E-state index in [4.69, 9.17) is 0 Å². The van der Waals surface area contributed by atoms with Crippen molar-refractivity contribution in [3.8, 4) is 17.1 Å². The van der Waals surface area contributed by atoms with Crippen LogP contribution in [0.3, 0.4) is 0 Å². The van der Waals surface area contributed by atoms with Gasteiger partial charge >= 0.3 is 0 Å². The average molecular weight is 341 g/mol. The summed E-state index contributed by atoms with van der Waals surface area (Å²) in [6.45, 7) is 0. The number of aromatic amines is 2. The standard InChI is InChI=1S/C16H12FN5OS/c17-10-5-3-6-11-14(10)19-13(18-11)8-24-16-20-15(21-22-16)9-4-1-2-7-12(9)23/h1-7,23H,8H2,(H,18,19)(H,20,21,22). The molecule has 2 heterocycles. The van der Waals surface area contributed by atoms with Gasteiger partial charge < -0.3 is 10.1 Å². The van der Waals surface area contributed by atoms with E-state index < -0.39 is 0 Å². The van der Waals surface area contributed by atoms with Gasteiger partial charge in [0.15, 0.2) is 11.6 Å². The average Bonchev–Trinajstić information content (AvgIpc) is 3.20. The van der Waals surface area contributed by atoms with Gasteiger partial charge in [-0.3, -0.25) is 5.10 Å². The first-order valence-corrected chi connectivity index (χ1v) is 8.16. The number of hydrogen-bond donors (Lipinski definition) is 3. The van der Waals surface area contributed by atoms with Crippen LogP contribution in [-0.4, -0.2) is 30.3 Å². The van der Waals surface area contributed by atoms with Crippen molar-refractivity contribution >= 4 is 22.8 Å². The second-order valence-corrected chi connectivity index (χ2v) is 6.03. The lowest BCUT2D eigenvalue weighted by Crippen LogP contribution is -1.85. The number of thioether (sulfide) groups is 1. The van der Waals surface area contributed by atoms with E-state index in [9.17, 15) is 9.50 Å². The van der Waals surface area contributed by atoms with Gasteiger partial charge in [0.05, 0.1) is 16.8 Å². The molecule has 4 aromatic rings. The Morgan fingerprint density at radius 1 is 1.08 bits per heavy atom. The molecule has 0 aliphatic carbocycles. The van der Waals surface area contributed by atoms with E-state index in [-0.39, 0.29) is 11.6 Å². The molecular weight excluding hydrogens is 329 g/mol. The largest absolute Gasteiger partial charge is 0.507 e. The van der Waals surface area contributed by atoms with E-state index in [1.54, 1.807) is 30.3 Å². The fourth-order valence-corrected chi connectivity index (χ4v) is 3.02. The molecule has 0 fully saturated rings. The summed E-state index contributed by atoms with van der Waals surface area (Å²) in [5.41, 5.74) is 1.58. The number of halogens is 1. The number of para-hydroxylation sites is 2. The first-order valence-electron chi connectivity index (χ1n) is 7.17. The number of nitrogens with one attached hydrogen (secondary N) is 2. The van der Waals surface area contributed by atoms with Crippen LogP contribution in [0.2, 0.25) is 0 Å². The zero-order valence-corrected chi connectivity index (χ0v) is 13.1. The fraction of sp³-hybridized carbons (Fsp3) is 0.0625. The van der Waals surface area contributed by atoms with E-state index in [2.05, 4.69) is 25.1 Å². The summed E-state index contributed by atoms with van der Waals surface area (Å²) in [6, 6.07) is 11.7. The summed E-state index contributed by atoms with van der Waals surface area (Å²) in [5.74, 6) is 1.41. The molecule has 4 rings (SSSR count). The third-order valence-corrected chi connectivity index (χ3v) is 4.33. The molecule has 0 saturated carbocycles. The van der Waals surface area contributed by atoms with E-state index in [1.165, 1.54) is 17.8 Å². The first kappa shape index (κ1) is 14.7. The minimum atomic E-state index is -0.347. The Balaban J connectivity index is 1.52. The summed E-state index contributed by atoms with van der Waals surface area (Å²) < 4.78 is 13.6. The molecule has 6 nitrogen and oxygen atoms in total. The number of hydrogen-bond acceptors (Lipinski definition) is 5. The Kier molecular flexibility index (Phi) is 3.66. The lowest BCUT2D eigenvalue weighted by atomic mass is 10.2. The van der Waals surface area contributed by atoms with Gasteiger partial charge in [-0.2, -0.15) is 0 Å². The number of fused-ring (bicyclic) bond motifs is 1. The van der Waals surface area contributed by atoms with E-state index >= 15 is 0 Å². The van der Waals surface area contributed by atoms with Crippen molar-refractivity contribution in [1.29, 1.82) is 0 Å². The molecule has 0 amide bonds. The molecule has 0 bridgehead atoms. The van der Waals surface area contributed by atoms with E-state index in [0.717, 1.165) is 0 Å². The van der Waals surface area contributed by atoms with E-state index in [1.807, 2.05) is 6.07 Å². The fourth-order valence-electron chi connectivity index (χ4n) is 2.35. The number of aromatic nitrogens is 5. The maximum atomic E-state index is 13.6. The molecule has 2 aromatic heterocycles. The molecule has 0 spiro atoms. The van der Waals surface area contributed by atoms with Crippen molar-refractivity contribution in [3.63, 3.8) is 0 Å². The van der Waals surface area contributed by atoms with Gasteiger partial charge in [-0.05, 0) is 24.3 Å². The zero-order chi connectivity index (χ0) is 16.5. The Hall–Kier alpha value is -2.87. The van der Waals surface area contributed by atoms with Crippen molar-refractivity contribution < 1.29 is 9.50 Å². The van der Waals surface area contributed by atoms with Crippen LogP contribution in [0.1, 0.15) is 5.82 Å². The number of phenols is 1. The number of aromatic hydroxyl groups is 1. The van der Waals surface area contributed by atoms with Crippen molar-refractivity contribution in [2.24, 2.45) is 0 Å². The Morgan fingerprint density at radius 3 is 2.79 bits per heavy atom. The predicted octanol–water partition coefficient (Wildman–Crippen LogP) is 3.49. The molecule has 8 heteroatoms. The second kappa shape index (κ2) is 5.97. The van der Waals surface area contributed by atoms with Gasteiger partial charge in [0.25, 0.3) is 0 Å². The molecular formula is C16H12FN5OS. The van der Waals surface area contributed by atoms with Crippen molar-refractivity contribution in [2.45, 2.75) is 10.9 Å². The van der Waals surface area contributed by atoms with Crippen molar-refractivity contribution in [2.75, 3.05) is 0 Å². The van der Waals surface area contributed by atoms with Gasteiger partial charge in [-0.15, -0.1) is 5.10 Å². The maximum Gasteiger partial charge on any atom is 0.209 e. The van der Waals surface area contributed by atoms with Gasteiger partial charge in [-0.1, -0.05) is 30.0 Å². The molecule has 0 unspecified atom stereocenters. The quantitative estimate of drug-likeness (QED) is 0.494. The Labute approximate surface area is 140 Å². The number of H-pyrrole nitrogens is 2. The first-order chi connectivity index (χ1) is 11.7. The monoisotopic (exact) mass is 341 g/mol. The number of benzene rings is 2. The van der Waals surface area contributed by atoms with Crippen LogP contribution in [0.25, 0.3) is 22.4 Å². The normalized spacial score (nSPS) is 11.2. The highest BCUT2D eigenvalue weighted by Crippen LogP contribution is 2.28. The molecule has 24 heavy (non-hydrogen) atoms. The zero-order valence-electron chi connectivity index (χ0n) is 12.3. The predicted molar refractivity (Wildman–Crippen MR) is 89.1 cm³/mol. The highest BCUT2D eigenvalue weighted by atomic mass is 32.2. The molecule has 0 radical (unpaired) electrons. The van der Waals surface area contributed by atoms with Crippen LogP contribution in [0, 0.1) is 5.82 Å². The summed E-state index contributed by atoms with van der Waals surface area (Å²) in [7, 11) is 0. The Bertz CT molecular complexity index is 1010. The van der Waals surface area contributed by atoms with Crippen LogP contribution >= 0.6 is 11.8 Å². The maximum absolute atomic E-state index is 13.6. The molecule has 0 saturated heterocycles. The highest BCUT2D eigenvalue weighted by molar-refractivity contribution is 7.98. The third kappa shape index (κ3) is 2.71. The molecule has 0 aliphatic heterocycles. The minimum absolute atomic E-state index is 0.137. The van der Waals surface area contributed by atoms with Gasteiger partial charge in [-0.25, -0.2) is 14.4 Å². The minimum Gasteiger partial charge on any atom is -0.507 e.